The van der Waals surface area contributed by atoms with Gasteiger partial charge < -0.3 is 10.4 Å². The van der Waals surface area contributed by atoms with Crippen LogP contribution in [0.2, 0.25) is 0 Å². The van der Waals surface area contributed by atoms with E-state index >= 15 is 0 Å². The van der Waals surface area contributed by atoms with Gasteiger partial charge in [0.15, 0.2) is 0 Å². The van der Waals surface area contributed by atoms with Gasteiger partial charge in [-0.2, -0.15) is 0 Å². The number of carboxylic acid groups (broad SMARTS) is 1. The summed E-state index contributed by atoms with van der Waals surface area (Å²) in [7, 11) is 0. The average Bonchev–Trinajstić information content (AvgIpc) is 2.62. The van der Waals surface area contributed by atoms with Crippen molar-refractivity contribution in [3.63, 3.8) is 0 Å². The van der Waals surface area contributed by atoms with E-state index in [9.17, 15) is 14.7 Å². The lowest BCUT2D eigenvalue weighted by Crippen LogP contribution is -2.47. The van der Waals surface area contributed by atoms with Gasteiger partial charge in [-0.25, -0.2) is 4.79 Å². The van der Waals surface area contributed by atoms with Crippen LogP contribution >= 0.6 is 0 Å². The van der Waals surface area contributed by atoms with Gasteiger partial charge in [-0.3, -0.25) is 9.69 Å². The highest BCUT2D eigenvalue weighted by atomic mass is 16.4. The molecule has 0 bridgehead atoms. The van der Waals surface area contributed by atoms with Gasteiger partial charge in [0.1, 0.15) is 6.04 Å². The molecule has 19 heavy (non-hydrogen) atoms. The summed E-state index contributed by atoms with van der Waals surface area (Å²) < 4.78 is 0. The monoisotopic (exact) mass is 262 g/mol. The van der Waals surface area contributed by atoms with E-state index in [2.05, 4.69) is 5.32 Å². The SMILES string of the molecule is O=C1NCCCC[C@H]1N(Cc1ccccc1)C(=O)O. The molecule has 1 atom stereocenters. The number of hydrogen-bond donors (Lipinski definition) is 2. The second-order valence-corrected chi connectivity index (χ2v) is 4.70. The molecule has 1 fully saturated rings. The minimum Gasteiger partial charge on any atom is -0.465 e. The van der Waals surface area contributed by atoms with Crippen LogP contribution in [0.15, 0.2) is 30.3 Å². The van der Waals surface area contributed by atoms with E-state index in [1.54, 1.807) is 0 Å². The zero-order chi connectivity index (χ0) is 13.7. The Labute approximate surface area is 112 Å². The van der Waals surface area contributed by atoms with Crippen LogP contribution in [-0.2, 0) is 11.3 Å². The topological polar surface area (TPSA) is 69.6 Å². The summed E-state index contributed by atoms with van der Waals surface area (Å²) in [6.45, 7) is 0.877. The molecule has 0 aliphatic carbocycles. The molecule has 0 saturated carbocycles. The Kier molecular flexibility index (Phi) is 4.39. The lowest BCUT2D eigenvalue weighted by atomic mass is 10.1. The molecule has 102 valence electrons. The highest BCUT2D eigenvalue weighted by Crippen LogP contribution is 2.16. The van der Waals surface area contributed by atoms with Crippen LogP contribution in [0.5, 0.6) is 0 Å². The van der Waals surface area contributed by atoms with Crippen LogP contribution in [-0.4, -0.2) is 34.6 Å². The minimum absolute atomic E-state index is 0.184. The van der Waals surface area contributed by atoms with Crippen molar-refractivity contribution < 1.29 is 14.7 Å². The molecular weight excluding hydrogens is 244 g/mol. The predicted octanol–water partition coefficient (Wildman–Crippen LogP) is 1.84. The van der Waals surface area contributed by atoms with Gasteiger partial charge >= 0.3 is 6.09 Å². The number of hydrogen-bond acceptors (Lipinski definition) is 2. The van der Waals surface area contributed by atoms with Gasteiger partial charge in [0.05, 0.1) is 0 Å². The third kappa shape index (κ3) is 3.47. The number of amides is 2. The maximum absolute atomic E-state index is 11.9. The number of carbonyl (C=O) groups excluding carboxylic acids is 1. The van der Waals surface area contributed by atoms with Gasteiger partial charge in [0.25, 0.3) is 0 Å². The van der Waals surface area contributed by atoms with E-state index < -0.39 is 12.1 Å². The third-order valence-electron chi connectivity index (χ3n) is 3.32. The maximum Gasteiger partial charge on any atom is 0.408 e. The first-order chi connectivity index (χ1) is 9.18. The molecule has 1 aromatic carbocycles. The number of benzene rings is 1. The van der Waals surface area contributed by atoms with Crippen LogP contribution in [0.3, 0.4) is 0 Å². The minimum atomic E-state index is -1.05. The summed E-state index contributed by atoms with van der Waals surface area (Å²) in [6.07, 6.45) is 1.31. The van der Waals surface area contributed by atoms with Gasteiger partial charge in [0, 0.05) is 13.1 Å². The van der Waals surface area contributed by atoms with Crippen molar-refractivity contribution >= 4 is 12.0 Å². The zero-order valence-corrected chi connectivity index (χ0v) is 10.7. The van der Waals surface area contributed by atoms with Crippen LogP contribution in [0.4, 0.5) is 4.79 Å². The molecule has 1 aliphatic heterocycles. The van der Waals surface area contributed by atoms with E-state index in [4.69, 9.17) is 0 Å². The zero-order valence-electron chi connectivity index (χ0n) is 10.7. The Morgan fingerprint density at radius 2 is 2.05 bits per heavy atom. The van der Waals surface area contributed by atoms with Crippen molar-refractivity contribution in [3.05, 3.63) is 35.9 Å². The van der Waals surface area contributed by atoms with Crippen LogP contribution < -0.4 is 5.32 Å². The first-order valence-electron chi connectivity index (χ1n) is 6.49. The lowest BCUT2D eigenvalue weighted by molar-refractivity contribution is -0.125. The molecular formula is C14H18N2O3. The number of rotatable bonds is 3. The lowest BCUT2D eigenvalue weighted by Gasteiger charge is -2.27. The molecule has 2 amide bonds. The van der Waals surface area contributed by atoms with Crippen molar-refractivity contribution in [1.29, 1.82) is 0 Å². The van der Waals surface area contributed by atoms with Gasteiger partial charge in [0.2, 0.25) is 5.91 Å². The Hall–Kier alpha value is -2.04. The normalized spacial score (nSPS) is 19.4. The quantitative estimate of drug-likeness (QED) is 0.873. The molecule has 1 saturated heterocycles. The van der Waals surface area contributed by atoms with Crippen molar-refractivity contribution in [1.82, 2.24) is 10.2 Å². The molecule has 1 aliphatic rings. The first kappa shape index (κ1) is 13.4. The van der Waals surface area contributed by atoms with E-state index in [-0.39, 0.29) is 12.5 Å². The number of carbonyl (C=O) groups is 2. The molecule has 2 rings (SSSR count). The second-order valence-electron chi connectivity index (χ2n) is 4.70. The average molecular weight is 262 g/mol. The summed E-state index contributed by atoms with van der Waals surface area (Å²) in [5.74, 6) is -0.184. The Balaban J connectivity index is 2.15. The Morgan fingerprint density at radius 3 is 2.74 bits per heavy atom. The standard InChI is InChI=1S/C14H18N2O3/c17-13-12(8-4-5-9-15-13)16(14(18)19)10-11-6-2-1-3-7-11/h1-3,6-7,12H,4-5,8-10H2,(H,15,17)(H,18,19)/t12-/m1/s1. The summed E-state index contributed by atoms with van der Waals surface area (Å²) in [6, 6.07) is 8.76. The van der Waals surface area contributed by atoms with Crippen LogP contribution in [0, 0.1) is 0 Å². The fourth-order valence-electron chi connectivity index (χ4n) is 2.31. The van der Waals surface area contributed by atoms with E-state index in [1.807, 2.05) is 30.3 Å². The number of nitrogens with zero attached hydrogens (tertiary/aromatic N) is 1. The molecule has 5 heteroatoms. The summed E-state index contributed by atoms with van der Waals surface area (Å²) in [4.78, 5) is 24.6. The predicted molar refractivity (Wildman–Crippen MR) is 70.7 cm³/mol. The number of nitrogens with one attached hydrogen (secondary N) is 1. The van der Waals surface area contributed by atoms with Crippen molar-refractivity contribution in [2.24, 2.45) is 0 Å². The summed E-state index contributed by atoms with van der Waals surface area (Å²) in [5.41, 5.74) is 0.891. The van der Waals surface area contributed by atoms with Gasteiger partial charge in [-0.1, -0.05) is 30.3 Å². The smallest absolute Gasteiger partial charge is 0.408 e. The van der Waals surface area contributed by atoms with E-state index in [0.29, 0.717) is 13.0 Å². The molecule has 2 N–H and O–H groups in total. The largest absolute Gasteiger partial charge is 0.465 e. The fourth-order valence-corrected chi connectivity index (χ4v) is 2.31. The maximum atomic E-state index is 11.9. The van der Waals surface area contributed by atoms with Crippen LogP contribution in [0.1, 0.15) is 24.8 Å². The fraction of sp³-hybridized carbons (Fsp3) is 0.429. The molecule has 0 aromatic heterocycles. The van der Waals surface area contributed by atoms with Gasteiger partial charge in [-0.15, -0.1) is 0 Å². The third-order valence-corrected chi connectivity index (χ3v) is 3.32. The highest BCUT2D eigenvalue weighted by molar-refractivity contribution is 5.85. The molecule has 5 nitrogen and oxygen atoms in total. The summed E-state index contributed by atoms with van der Waals surface area (Å²) >= 11 is 0. The molecule has 0 radical (unpaired) electrons. The van der Waals surface area contributed by atoms with Crippen molar-refractivity contribution in [3.8, 4) is 0 Å². The van der Waals surface area contributed by atoms with Crippen molar-refractivity contribution in [2.75, 3.05) is 6.54 Å². The first-order valence-corrected chi connectivity index (χ1v) is 6.49. The molecule has 0 unspecified atom stereocenters. The Bertz CT molecular complexity index is 447. The van der Waals surface area contributed by atoms with Crippen LogP contribution in [0.25, 0.3) is 0 Å². The van der Waals surface area contributed by atoms with E-state index in [0.717, 1.165) is 18.4 Å². The highest BCUT2D eigenvalue weighted by Gasteiger charge is 2.30. The summed E-state index contributed by atoms with van der Waals surface area (Å²) in [5, 5.41) is 12.1. The molecule has 1 heterocycles. The Morgan fingerprint density at radius 1 is 1.32 bits per heavy atom. The molecule has 1 aromatic rings. The second kappa shape index (κ2) is 6.22. The van der Waals surface area contributed by atoms with E-state index in [1.165, 1.54) is 4.90 Å². The molecule has 0 spiro atoms. The van der Waals surface area contributed by atoms with Gasteiger partial charge in [-0.05, 0) is 24.8 Å². The van der Waals surface area contributed by atoms with Crippen molar-refractivity contribution in [2.45, 2.75) is 31.8 Å².